The molecule has 0 saturated carbocycles. The quantitative estimate of drug-likeness (QED) is 0.625. The molecule has 1 fully saturated rings. The summed E-state index contributed by atoms with van der Waals surface area (Å²) in [6, 6.07) is 3.85. The zero-order valence-electron chi connectivity index (χ0n) is 16.1. The highest BCUT2D eigenvalue weighted by Gasteiger charge is 2.34. The number of carbonyl (C=O) groups is 1. The van der Waals surface area contributed by atoms with E-state index in [2.05, 4.69) is 36.4 Å². The van der Waals surface area contributed by atoms with Gasteiger partial charge in [-0.3, -0.25) is 10.2 Å². The molecule has 1 aliphatic rings. The summed E-state index contributed by atoms with van der Waals surface area (Å²) >= 11 is 3.04. The average molecular weight is 490 g/mol. The molecule has 0 aliphatic carbocycles. The molecule has 3 rings (SSSR count). The van der Waals surface area contributed by atoms with E-state index in [0.29, 0.717) is 17.6 Å². The average Bonchev–Trinajstić information content (AvgIpc) is 2.66. The fourth-order valence-corrected chi connectivity index (χ4v) is 3.38. The van der Waals surface area contributed by atoms with Gasteiger partial charge in [0.05, 0.1) is 5.56 Å². The molecule has 2 N–H and O–H groups in total. The Morgan fingerprint density at radius 3 is 2.50 bits per heavy atom. The smallest absolute Gasteiger partial charge is 0.308 e. The van der Waals surface area contributed by atoms with E-state index in [1.54, 1.807) is 0 Å². The van der Waals surface area contributed by atoms with Crippen molar-refractivity contribution < 1.29 is 22.4 Å². The predicted molar refractivity (Wildman–Crippen MR) is 109 cm³/mol. The zero-order valence-corrected chi connectivity index (χ0v) is 17.6. The van der Waals surface area contributed by atoms with Gasteiger partial charge in [0.2, 0.25) is 0 Å². The van der Waals surface area contributed by atoms with Crippen molar-refractivity contribution >= 4 is 33.5 Å². The Kier molecular flexibility index (Phi) is 6.94. The van der Waals surface area contributed by atoms with Crippen LogP contribution in [0.1, 0.15) is 11.1 Å². The number of anilines is 2. The first-order valence-electron chi connectivity index (χ1n) is 9.12. The first kappa shape index (κ1) is 22.4. The molecule has 0 bridgehead atoms. The number of rotatable bonds is 4. The van der Waals surface area contributed by atoms with Crippen LogP contribution in [-0.2, 0) is 12.7 Å². The predicted octanol–water partition coefficient (Wildman–Crippen LogP) is 4.39. The maximum absolute atomic E-state index is 13.8. The number of likely N-dealkylation sites (N-methyl/N-ethyl adjacent to an activating group) is 1. The fourth-order valence-electron chi connectivity index (χ4n) is 3.08. The summed E-state index contributed by atoms with van der Waals surface area (Å²) in [5, 5.41) is 4.47. The molecule has 30 heavy (non-hydrogen) atoms. The van der Waals surface area contributed by atoms with Gasteiger partial charge in [-0.1, -0.05) is 6.07 Å². The maximum atomic E-state index is 13.8. The number of alkyl halides is 3. The summed E-state index contributed by atoms with van der Waals surface area (Å²) < 4.78 is 55.0. The number of carbonyl (C=O) groups excluding carboxylic acids is 1. The number of nitrogens with zero attached hydrogens (tertiary/aromatic N) is 3. The van der Waals surface area contributed by atoms with E-state index < -0.39 is 23.6 Å². The van der Waals surface area contributed by atoms with E-state index in [1.165, 1.54) is 18.3 Å². The van der Waals surface area contributed by atoms with Crippen LogP contribution in [0, 0.1) is 5.82 Å². The molecule has 0 unspecified atom stereocenters. The van der Waals surface area contributed by atoms with E-state index in [4.69, 9.17) is 0 Å². The first-order chi connectivity index (χ1) is 14.1. The van der Waals surface area contributed by atoms with Crippen molar-refractivity contribution in [3.8, 4) is 0 Å². The summed E-state index contributed by atoms with van der Waals surface area (Å²) in [7, 11) is 1.97. The van der Waals surface area contributed by atoms with E-state index in [9.17, 15) is 22.4 Å². The molecule has 1 saturated heterocycles. The van der Waals surface area contributed by atoms with Crippen molar-refractivity contribution in [2.75, 3.05) is 43.9 Å². The van der Waals surface area contributed by atoms with Crippen LogP contribution in [0.3, 0.4) is 0 Å². The normalized spacial score (nSPS) is 15.8. The van der Waals surface area contributed by atoms with Gasteiger partial charge in [0.1, 0.15) is 0 Å². The van der Waals surface area contributed by atoms with Crippen molar-refractivity contribution in [3.63, 3.8) is 0 Å². The highest BCUT2D eigenvalue weighted by Crippen LogP contribution is 2.34. The number of piperazine rings is 1. The van der Waals surface area contributed by atoms with Crippen molar-refractivity contribution in [2.24, 2.45) is 0 Å². The lowest BCUT2D eigenvalue weighted by Gasteiger charge is -2.33. The Morgan fingerprint density at radius 2 is 1.87 bits per heavy atom. The van der Waals surface area contributed by atoms with Crippen molar-refractivity contribution in [1.29, 1.82) is 0 Å². The number of urea groups is 1. The first-order valence-corrected chi connectivity index (χ1v) is 9.91. The van der Waals surface area contributed by atoms with Gasteiger partial charge in [0.25, 0.3) is 0 Å². The van der Waals surface area contributed by atoms with E-state index in [0.717, 1.165) is 25.2 Å². The van der Waals surface area contributed by atoms with Crippen molar-refractivity contribution in [2.45, 2.75) is 12.7 Å². The van der Waals surface area contributed by atoms with E-state index >= 15 is 0 Å². The van der Waals surface area contributed by atoms with Gasteiger partial charge in [0, 0.05) is 49.1 Å². The molecule has 2 aromatic rings. The molecule has 1 aromatic heterocycles. The Hall–Kier alpha value is -2.24. The minimum absolute atomic E-state index is 0.0560. The Balaban J connectivity index is 1.73. The molecule has 11 heteroatoms. The number of benzene rings is 1. The standard InChI is InChI=1S/C19H20BrF4N5O/c1-28-4-6-29(7-5-28)11-12-2-3-14(9-15(12)19(22,23)24)26-18(30)27-17-16(21)8-13(20)10-25-17/h2-3,8-10H,4-7,11H2,1H3,(H2,25,26,27,30). The fraction of sp³-hybridized carbons (Fsp3) is 0.368. The van der Waals surface area contributed by atoms with Crippen LogP contribution in [0.25, 0.3) is 0 Å². The summed E-state index contributed by atoms with van der Waals surface area (Å²) in [5.74, 6) is -1.11. The van der Waals surface area contributed by atoms with Gasteiger partial charge < -0.3 is 10.2 Å². The SMILES string of the molecule is CN1CCN(Cc2ccc(NC(=O)Nc3ncc(Br)cc3F)cc2C(F)(F)F)CC1. The maximum Gasteiger partial charge on any atom is 0.416 e. The minimum atomic E-state index is -4.57. The lowest BCUT2D eigenvalue weighted by Crippen LogP contribution is -2.44. The zero-order chi connectivity index (χ0) is 21.9. The molecule has 0 atom stereocenters. The molecule has 0 spiro atoms. The number of hydrogen-bond donors (Lipinski definition) is 2. The number of aromatic nitrogens is 1. The number of amides is 2. The molecule has 2 heterocycles. The van der Waals surface area contributed by atoms with Gasteiger partial charge in [0.15, 0.2) is 11.6 Å². The molecule has 162 valence electrons. The second-order valence-corrected chi connectivity index (χ2v) is 7.93. The topological polar surface area (TPSA) is 60.5 Å². The van der Waals surface area contributed by atoms with Crippen LogP contribution in [0.2, 0.25) is 0 Å². The van der Waals surface area contributed by atoms with E-state index in [-0.39, 0.29) is 23.6 Å². The summed E-state index contributed by atoms with van der Waals surface area (Å²) in [4.78, 5) is 19.9. The lowest BCUT2D eigenvalue weighted by atomic mass is 10.0. The highest BCUT2D eigenvalue weighted by atomic mass is 79.9. The number of pyridine rings is 1. The Bertz CT molecular complexity index is 916. The molecule has 1 aliphatic heterocycles. The van der Waals surface area contributed by atoms with Crippen LogP contribution in [0.15, 0.2) is 34.9 Å². The van der Waals surface area contributed by atoms with Gasteiger partial charge >= 0.3 is 12.2 Å². The second kappa shape index (κ2) is 9.27. The van der Waals surface area contributed by atoms with Gasteiger partial charge in [-0.2, -0.15) is 13.2 Å². The monoisotopic (exact) mass is 489 g/mol. The molecule has 0 radical (unpaired) electrons. The molecular formula is C19H20BrF4N5O. The molecule has 2 amide bonds. The van der Waals surface area contributed by atoms with Crippen LogP contribution >= 0.6 is 15.9 Å². The summed E-state index contributed by atoms with van der Waals surface area (Å²) in [6.07, 6.45) is -3.29. The van der Waals surface area contributed by atoms with Crippen LogP contribution in [0.5, 0.6) is 0 Å². The highest BCUT2D eigenvalue weighted by molar-refractivity contribution is 9.10. The molecule has 1 aromatic carbocycles. The van der Waals surface area contributed by atoms with Crippen LogP contribution < -0.4 is 10.6 Å². The molecular weight excluding hydrogens is 470 g/mol. The third-order valence-corrected chi connectivity index (χ3v) is 5.14. The largest absolute Gasteiger partial charge is 0.416 e. The number of halogens is 5. The van der Waals surface area contributed by atoms with Gasteiger partial charge in [-0.05, 0) is 46.7 Å². The van der Waals surface area contributed by atoms with Crippen molar-refractivity contribution in [1.82, 2.24) is 14.8 Å². The lowest BCUT2D eigenvalue weighted by molar-refractivity contribution is -0.138. The summed E-state index contributed by atoms with van der Waals surface area (Å²) in [5.41, 5.74) is -0.731. The van der Waals surface area contributed by atoms with Gasteiger partial charge in [-0.15, -0.1) is 0 Å². The van der Waals surface area contributed by atoms with Crippen LogP contribution in [-0.4, -0.2) is 54.0 Å². The second-order valence-electron chi connectivity index (χ2n) is 7.01. The molecule has 6 nitrogen and oxygen atoms in total. The Labute approximate surface area is 179 Å². The summed E-state index contributed by atoms with van der Waals surface area (Å²) in [6.45, 7) is 3.12. The van der Waals surface area contributed by atoms with E-state index in [1.807, 2.05) is 11.9 Å². The Morgan fingerprint density at radius 1 is 1.17 bits per heavy atom. The van der Waals surface area contributed by atoms with Crippen molar-refractivity contribution in [3.05, 3.63) is 51.9 Å². The number of hydrogen-bond acceptors (Lipinski definition) is 4. The third kappa shape index (κ3) is 5.89. The number of nitrogens with one attached hydrogen (secondary N) is 2. The minimum Gasteiger partial charge on any atom is -0.308 e. The van der Waals surface area contributed by atoms with Crippen LogP contribution in [0.4, 0.5) is 33.9 Å². The third-order valence-electron chi connectivity index (χ3n) is 4.70. The van der Waals surface area contributed by atoms with Gasteiger partial charge in [-0.25, -0.2) is 14.2 Å².